The van der Waals surface area contributed by atoms with Gasteiger partial charge in [0.1, 0.15) is 5.58 Å². The van der Waals surface area contributed by atoms with Crippen LogP contribution in [-0.4, -0.2) is 42.0 Å². The Labute approximate surface area is 131 Å². The number of para-hydroxylation sites is 1. The van der Waals surface area contributed by atoms with Crippen LogP contribution in [0.15, 0.2) is 46.3 Å². The van der Waals surface area contributed by atoms with Gasteiger partial charge in [-0.25, -0.2) is 4.98 Å². The van der Waals surface area contributed by atoms with Gasteiger partial charge in [-0.1, -0.05) is 18.2 Å². The molecule has 5 nitrogen and oxygen atoms in total. The van der Waals surface area contributed by atoms with E-state index in [9.17, 15) is 4.79 Å². The molecule has 0 N–H and O–H groups in total. The van der Waals surface area contributed by atoms with E-state index in [-0.39, 0.29) is 5.91 Å². The maximum Gasteiger partial charge on any atom is 0.289 e. The molecule has 0 spiro atoms. The minimum atomic E-state index is -0.0324. The van der Waals surface area contributed by atoms with Crippen molar-refractivity contribution in [3.63, 3.8) is 0 Å². The van der Waals surface area contributed by atoms with Crippen LogP contribution in [0.4, 0.5) is 5.13 Å². The molecule has 0 bridgehead atoms. The SMILES string of the molecule is O=C(c1cc2ccccc2o1)N1CCN(c2nccs2)CC1. The predicted octanol–water partition coefficient (Wildman–Crippen LogP) is 2.85. The molecule has 0 radical (unpaired) electrons. The van der Waals surface area contributed by atoms with E-state index in [1.54, 1.807) is 11.3 Å². The van der Waals surface area contributed by atoms with Crippen molar-refractivity contribution in [1.82, 2.24) is 9.88 Å². The number of anilines is 1. The van der Waals surface area contributed by atoms with Gasteiger partial charge in [-0.3, -0.25) is 4.79 Å². The van der Waals surface area contributed by atoms with Crippen LogP contribution in [0.1, 0.15) is 10.6 Å². The minimum Gasteiger partial charge on any atom is -0.451 e. The molecular weight excluding hydrogens is 298 g/mol. The zero-order chi connectivity index (χ0) is 14.9. The number of thiazole rings is 1. The van der Waals surface area contributed by atoms with Crippen molar-refractivity contribution in [2.45, 2.75) is 0 Å². The Hall–Kier alpha value is -2.34. The Morgan fingerprint density at radius 1 is 1.18 bits per heavy atom. The summed E-state index contributed by atoms with van der Waals surface area (Å²) in [6, 6.07) is 9.51. The fraction of sp³-hybridized carbons (Fsp3) is 0.250. The zero-order valence-corrected chi connectivity index (χ0v) is 12.8. The van der Waals surface area contributed by atoms with Gasteiger partial charge in [0, 0.05) is 43.1 Å². The zero-order valence-electron chi connectivity index (χ0n) is 11.9. The first-order valence-corrected chi connectivity index (χ1v) is 8.11. The Morgan fingerprint density at radius 3 is 2.73 bits per heavy atom. The Morgan fingerprint density at radius 2 is 2.00 bits per heavy atom. The molecule has 4 rings (SSSR count). The van der Waals surface area contributed by atoms with Crippen LogP contribution < -0.4 is 4.90 Å². The molecule has 1 aliphatic heterocycles. The monoisotopic (exact) mass is 313 g/mol. The molecule has 1 fully saturated rings. The fourth-order valence-electron chi connectivity index (χ4n) is 2.72. The predicted molar refractivity (Wildman–Crippen MR) is 86.4 cm³/mol. The van der Waals surface area contributed by atoms with Crippen molar-refractivity contribution >= 4 is 33.3 Å². The van der Waals surface area contributed by atoms with Crippen molar-refractivity contribution < 1.29 is 9.21 Å². The lowest BCUT2D eigenvalue weighted by molar-refractivity contribution is 0.0717. The second-order valence-electron chi connectivity index (χ2n) is 5.24. The summed E-state index contributed by atoms with van der Waals surface area (Å²) >= 11 is 1.63. The molecule has 1 saturated heterocycles. The lowest BCUT2D eigenvalue weighted by Crippen LogP contribution is -2.48. The van der Waals surface area contributed by atoms with Gasteiger partial charge in [0.2, 0.25) is 0 Å². The summed E-state index contributed by atoms with van der Waals surface area (Å²) in [5, 5.41) is 3.96. The van der Waals surface area contributed by atoms with Gasteiger partial charge >= 0.3 is 0 Å². The minimum absolute atomic E-state index is 0.0324. The number of hydrogen-bond acceptors (Lipinski definition) is 5. The number of nitrogens with zero attached hydrogens (tertiary/aromatic N) is 3. The average Bonchev–Trinajstić information content (AvgIpc) is 3.23. The van der Waals surface area contributed by atoms with Gasteiger partial charge in [0.25, 0.3) is 5.91 Å². The van der Waals surface area contributed by atoms with Crippen LogP contribution in [0.5, 0.6) is 0 Å². The first-order chi connectivity index (χ1) is 10.8. The van der Waals surface area contributed by atoms with E-state index in [0.29, 0.717) is 18.8 Å². The molecule has 112 valence electrons. The Bertz CT molecular complexity index is 756. The number of carbonyl (C=O) groups is 1. The van der Waals surface area contributed by atoms with Crippen molar-refractivity contribution in [3.8, 4) is 0 Å². The van der Waals surface area contributed by atoms with Crippen LogP contribution in [-0.2, 0) is 0 Å². The first-order valence-electron chi connectivity index (χ1n) is 7.23. The molecule has 1 aromatic carbocycles. The summed E-state index contributed by atoms with van der Waals surface area (Å²) < 4.78 is 5.67. The number of aromatic nitrogens is 1. The van der Waals surface area contributed by atoms with E-state index in [1.165, 1.54) is 0 Å². The topological polar surface area (TPSA) is 49.6 Å². The highest BCUT2D eigenvalue weighted by molar-refractivity contribution is 7.13. The molecule has 0 unspecified atom stereocenters. The third-order valence-electron chi connectivity index (χ3n) is 3.89. The fourth-order valence-corrected chi connectivity index (χ4v) is 3.41. The lowest BCUT2D eigenvalue weighted by atomic mass is 10.2. The molecule has 0 aliphatic carbocycles. The number of benzene rings is 1. The second kappa shape index (κ2) is 5.46. The highest BCUT2D eigenvalue weighted by Gasteiger charge is 2.25. The number of piperazine rings is 1. The average molecular weight is 313 g/mol. The first kappa shape index (κ1) is 13.3. The normalized spacial score (nSPS) is 15.5. The van der Waals surface area contributed by atoms with Gasteiger partial charge in [-0.2, -0.15) is 0 Å². The van der Waals surface area contributed by atoms with Crippen molar-refractivity contribution in [2.75, 3.05) is 31.1 Å². The van der Waals surface area contributed by atoms with Crippen LogP contribution in [0.3, 0.4) is 0 Å². The smallest absolute Gasteiger partial charge is 0.289 e. The van der Waals surface area contributed by atoms with E-state index in [0.717, 1.165) is 29.2 Å². The highest BCUT2D eigenvalue weighted by atomic mass is 32.1. The van der Waals surface area contributed by atoms with Crippen molar-refractivity contribution in [2.24, 2.45) is 0 Å². The van der Waals surface area contributed by atoms with E-state index in [4.69, 9.17) is 4.42 Å². The molecule has 22 heavy (non-hydrogen) atoms. The highest BCUT2D eigenvalue weighted by Crippen LogP contribution is 2.22. The van der Waals surface area contributed by atoms with Gasteiger partial charge in [0.05, 0.1) is 0 Å². The third-order valence-corrected chi connectivity index (χ3v) is 4.73. The number of amides is 1. The molecular formula is C16H15N3O2S. The maximum atomic E-state index is 12.6. The van der Waals surface area contributed by atoms with Crippen LogP contribution >= 0.6 is 11.3 Å². The van der Waals surface area contributed by atoms with Gasteiger partial charge in [-0.05, 0) is 12.1 Å². The summed E-state index contributed by atoms with van der Waals surface area (Å²) in [4.78, 5) is 20.9. The number of rotatable bonds is 2. The molecule has 0 atom stereocenters. The summed E-state index contributed by atoms with van der Waals surface area (Å²) in [6.07, 6.45) is 1.81. The number of furan rings is 1. The molecule has 1 aliphatic rings. The number of fused-ring (bicyclic) bond motifs is 1. The number of hydrogen-bond donors (Lipinski definition) is 0. The Balaban J connectivity index is 1.47. The molecule has 3 aromatic rings. The molecule has 2 aromatic heterocycles. The second-order valence-corrected chi connectivity index (χ2v) is 6.12. The van der Waals surface area contributed by atoms with Crippen molar-refractivity contribution in [1.29, 1.82) is 0 Å². The van der Waals surface area contributed by atoms with E-state index < -0.39 is 0 Å². The molecule has 3 heterocycles. The maximum absolute atomic E-state index is 12.6. The lowest BCUT2D eigenvalue weighted by Gasteiger charge is -2.34. The summed E-state index contributed by atoms with van der Waals surface area (Å²) in [5.74, 6) is 0.388. The van der Waals surface area contributed by atoms with Crippen molar-refractivity contribution in [3.05, 3.63) is 47.7 Å². The summed E-state index contributed by atoms with van der Waals surface area (Å²) in [7, 11) is 0. The summed E-state index contributed by atoms with van der Waals surface area (Å²) in [5.41, 5.74) is 0.757. The van der Waals surface area contributed by atoms with Gasteiger partial charge in [0.15, 0.2) is 10.9 Å². The van der Waals surface area contributed by atoms with Crippen LogP contribution in [0, 0.1) is 0 Å². The van der Waals surface area contributed by atoms with Crippen LogP contribution in [0.2, 0.25) is 0 Å². The number of carbonyl (C=O) groups excluding carboxylic acids is 1. The largest absolute Gasteiger partial charge is 0.451 e. The standard InChI is InChI=1S/C16H15N3O2S/c20-15(14-11-12-3-1-2-4-13(12)21-14)18-6-8-19(9-7-18)16-17-5-10-22-16/h1-5,10-11H,6-9H2. The van der Waals surface area contributed by atoms with E-state index in [1.807, 2.05) is 46.8 Å². The third kappa shape index (κ3) is 2.35. The summed E-state index contributed by atoms with van der Waals surface area (Å²) in [6.45, 7) is 2.99. The molecule has 1 amide bonds. The quantitative estimate of drug-likeness (QED) is 0.730. The molecule has 0 saturated carbocycles. The van der Waals surface area contributed by atoms with Gasteiger partial charge < -0.3 is 14.2 Å². The molecule has 6 heteroatoms. The Kier molecular flexibility index (Phi) is 3.31. The van der Waals surface area contributed by atoms with E-state index in [2.05, 4.69) is 9.88 Å². The van der Waals surface area contributed by atoms with Gasteiger partial charge in [-0.15, -0.1) is 11.3 Å². The van der Waals surface area contributed by atoms with Crippen LogP contribution in [0.25, 0.3) is 11.0 Å². The van der Waals surface area contributed by atoms with E-state index >= 15 is 0 Å².